The molecule has 1 aromatic rings. The molecule has 0 spiro atoms. The molecule has 108 valence electrons. The monoisotopic (exact) mass is 272 g/mol. The second-order valence-corrected chi connectivity index (χ2v) is 5.99. The van der Waals surface area contributed by atoms with E-state index in [-0.39, 0.29) is 5.78 Å². The molecule has 1 heterocycles. The van der Waals surface area contributed by atoms with E-state index in [4.69, 9.17) is 0 Å². The molecule has 1 N–H and O–H groups in total. The average molecular weight is 272 g/mol. The number of nitrogens with zero attached hydrogens (tertiary/aromatic N) is 1. The van der Waals surface area contributed by atoms with Crippen LogP contribution in [0.2, 0.25) is 0 Å². The molecule has 3 rings (SSSR count). The first kappa shape index (κ1) is 13.8. The summed E-state index contributed by atoms with van der Waals surface area (Å²) < 4.78 is 0. The van der Waals surface area contributed by atoms with Gasteiger partial charge in [-0.05, 0) is 62.4 Å². The van der Waals surface area contributed by atoms with Gasteiger partial charge in [0.25, 0.3) is 0 Å². The molecule has 1 aliphatic carbocycles. The number of hydrogen-bond acceptors (Lipinski definition) is 3. The Bertz CT molecular complexity index is 476. The fraction of sp³-hybridized carbons (Fsp3) is 0.588. The summed E-state index contributed by atoms with van der Waals surface area (Å²) in [5, 5.41) is 3.38. The van der Waals surface area contributed by atoms with Crippen molar-refractivity contribution in [2.75, 3.05) is 32.7 Å². The van der Waals surface area contributed by atoms with Gasteiger partial charge in [-0.15, -0.1) is 0 Å². The standard InChI is InChI=1S/C17H24N2O/c20-17(13-19-10-3-8-18-9-11-19)16-7-6-14-4-1-2-5-15(14)12-16/h6-7,12,18H,1-5,8-11,13H2. The maximum atomic E-state index is 12.4. The third-order valence-corrected chi connectivity index (χ3v) is 4.47. The van der Waals surface area contributed by atoms with E-state index in [1.807, 2.05) is 6.07 Å². The highest BCUT2D eigenvalue weighted by Crippen LogP contribution is 2.22. The zero-order valence-electron chi connectivity index (χ0n) is 12.2. The van der Waals surface area contributed by atoms with E-state index in [1.54, 1.807) is 0 Å². The first-order chi connectivity index (χ1) is 9.83. The summed E-state index contributed by atoms with van der Waals surface area (Å²) in [6.07, 6.45) is 6.02. The van der Waals surface area contributed by atoms with Crippen molar-refractivity contribution in [1.29, 1.82) is 0 Å². The first-order valence-electron chi connectivity index (χ1n) is 7.91. The zero-order valence-corrected chi connectivity index (χ0v) is 12.2. The van der Waals surface area contributed by atoms with Crippen LogP contribution in [0.15, 0.2) is 18.2 Å². The molecule has 0 amide bonds. The molecule has 0 saturated carbocycles. The van der Waals surface area contributed by atoms with Gasteiger partial charge in [0.2, 0.25) is 0 Å². The predicted molar refractivity (Wildman–Crippen MR) is 81.3 cm³/mol. The lowest BCUT2D eigenvalue weighted by Gasteiger charge is -2.20. The summed E-state index contributed by atoms with van der Waals surface area (Å²) in [5.41, 5.74) is 3.76. The largest absolute Gasteiger partial charge is 0.315 e. The Morgan fingerprint density at radius 2 is 1.90 bits per heavy atom. The van der Waals surface area contributed by atoms with Crippen LogP contribution in [0.25, 0.3) is 0 Å². The van der Waals surface area contributed by atoms with E-state index in [0.717, 1.165) is 44.6 Å². The Kier molecular flexibility index (Phi) is 4.48. The second-order valence-electron chi connectivity index (χ2n) is 5.99. The number of carbonyl (C=O) groups excluding carboxylic acids is 1. The summed E-state index contributed by atoms with van der Waals surface area (Å²) in [6.45, 7) is 4.65. The normalized spacial score (nSPS) is 20.2. The molecular formula is C17H24N2O. The Morgan fingerprint density at radius 3 is 2.80 bits per heavy atom. The van der Waals surface area contributed by atoms with Crippen LogP contribution < -0.4 is 5.32 Å². The highest BCUT2D eigenvalue weighted by atomic mass is 16.1. The minimum absolute atomic E-state index is 0.278. The van der Waals surface area contributed by atoms with Crippen LogP contribution in [0, 0.1) is 0 Å². The number of fused-ring (bicyclic) bond motifs is 1. The number of hydrogen-bond donors (Lipinski definition) is 1. The van der Waals surface area contributed by atoms with Gasteiger partial charge in [-0.2, -0.15) is 0 Å². The fourth-order valence-electron chi connectivity index (χ4n) is 3.26. The third kappa shape index (κ3) is 3.28. The summed E-state index contributed by atoms with van der Waals surface area (Å²) in [7, 11) is 0. The Hall–Kier alpha value is -1.19. The van der Waals surface area contributed by atoms with Gasteiger partial charge >= 0.3 is 0 Å². The van der Waals surface area contributed by atoms with Gasteiger partial charge in [-0.3, -0.25) is 9.69 Å². The molecule has 2 aliphatic rings. The number of ketones is 1. The number of nitrogens with one attached hydrogen (secondary N) is 1. The molecule has 0 aromatic heterocycles. The molecule has 1 saturated heterocycles. The van der Waals surface area contributed by atoms with Crippen molar-refractivity contribution in [3.63, 3.8) is 0 Å². The minimum atomic E-state index is 0.278. The van der Waals surface area contributed by atoms with Crippen LogP contribution in [0.4, 0.5) is 0 Å². The summed E-state index contributed by atoms with van der Waals surface area (Å²) in [5.74, 6) is 0.278. The van der Waals surface area contributed by atoms with Crippen molar-refractivity contribution in [3.05, 3.63) is 34.9 Å². The van der Waals surface area contributed by atoms with Crippen LogP contribution in [-0.2, 0) is 12.8 Å². The smallest absolute Gasteiger partial charge is 0.176 e. The molecule has 3 heteroatoms. The molecular weight excluding hydrogens is 248 g/mol. The van der Waals surface area contributed by atoms with Gasteiger partial charge in [0.1, 0.15) is 0 Å². The summed E-state index contributed by atoms with van der Waals surface area (Å²) >= 11 is 0. The first-order valence-corrected chi connectivity index (χ1v) is 7.91. The van der Waals surface area contributed by atoms with Crippen LogP contribution in [-0.4, -0.2) is 43.4 Å². The lowest BCUT2D eigenvalue weighted by atomic mass is 9.90. The Balaban J connectivity index is 1.67. The van der Waals surface area contributed by atoms with Crippen molar-refractivity contribution in [3.8, 4) is 0 Å². The second kappa shape index (κ2) is 6.51. The quantitative estimate of drug-likeness (QED) is 0.855. The SMILES string of the molecule is O=C(CN1CCCNCC1)c1ccc2c(c1)CCCC2. The van der Waals surface area contributed by atoms with Gasteiger partial charge in [-0.1, -0.05) is 12.1 Å². The predicted octanol–water partition coefficient (Wildman–Crippen LogP) is 2.04. The maximum Gasteiger partial charge on any atom is 0.176 e. The van der Waals surface area contributed by atoms with Crippen molar-refractivity contribution in [2.45, 2.75) is 32.1 Å². The molecule has 3 nitrogen and oxygen atoms in total. The molecule has 0 unspecified atom stereocenters. The summed E-state index contributed by atoms with van der Waals surface area (Å²) in [6, 6.07) is 6.35. The number of Topliss-reactive ketones (excluding diaryl/α,β-unsaturated/α-hetero) is 1. The molecule has 1 fully saturated rings. The van der Waals surface area contributed by atoms with Crippen molar-refractivity contribution < 1.29 is 4.79 Å². The van der Waals surface area contributed by atoms with E-state index >= 15 is 0 Å². The number of rotatable bonds is 3. The van der Waals surface area contributed by atoms with E-state index in [9.17, 15) is 4.79 Å². The van der Waals surface area contributed by atoms with Crippen LogP contribution in [0.5, 0.6) is 0 Å². The van der Waals surface area contributed by atoms with Crippen molar-refractivity contribution >= 4 is 5.78 Å². The summed E-state index contributed by atoms with van der Waals surface area (Å²) in [4.78, 5) is 14.7. The average Bonchev–Trinajstić information content (AvgIpc) is 2.75. The fourth-order valence-corrected chi connectivity index (χ4v) is 3.26. The number of benzene rings is 1. The van der Waals surface area contributed by atoms with Gasteiger partial charge in [-0.25, -0.2) is 0 Å². The molecule has 1 aliphatic heterocycles. The lowest BCUT2D eigenvalue weighted by molar-refractivity contribution is 0.0935. The highest BCUT2D eigenvalue weighted by Gasteiger charge is 2.16. The van der Waals surface area contributed by atoms with E-state index in [2.05, 4.69) is 22.3 Å². The molecule has 20 heavy (non-hydrogen) atoms. The van der Waals surface area contributed by atoms with Gasteiger partial charge in [0.15, 0.2) is 5.78 Å². The maximum absolute atomic E-state index is 12.4. The van der Waals surface area contributed by atoms with Gasteiger partial charge < -0.3 is 5.32 Å². The van der Waals surface area contributed by atoms with E-state index in [1.165, 1.54) is 30.4 Å². The highest BCUT2D eigenvalue weighted by molar-refractivity contribution is 5.97. The zero-order chi connectivity index (χ0) is 13.8. The van der Waals surface area contributed by atoms with Crippen LogP contribution in [0.1, 0.15) is 40.7 Å². The van der Waals surface area contributed by atoms with Crippen LogP contribution in [0.3, 0.4) is 0 Å². The molecule has 0 bridgehead atoms. The minimum Gasteiger partial charge on any atom is -0.315 e. The van der Waals surface area contributed by atoms with E-state index in [0.29, 0.717) is 6.54 Å². The Labute approximate surface area is 121 Å². The van der Waals surface area contributed by atoms with Gasteiger partial charge in [0.05, 0.1) is 6.54 Å². The third-order valence-electron chi connectivity index (χ3n) is 4.47. The van der Waals surface area contributed by atoms with Crippen molar-refractivity contribution in [1.82, 2.24) is 10.2 Å². The van der Waals surface area contributed by atoms with Crippen molar-refractivity contribution in [2.24, 2.45) is 0 Å². The topological polar surface area (TPSA) is 32.3 Å². The van der Waals surface area contributed by atoms with Crippen LogP contribution >= 0.6 is 0 Å². The molecule has 0 radical (unpaired) electrons. The van der Waals surface area contributed by atoms with E-state index < -0.39 is 0 Å². The molecule has 1 aromatic carbocycles. The molecule has 0 atom stereocenters. The van der Waals surface area contributed by atoms with Gasteiger partial charge in [0, 0.05) is 18.7 Å². The lowest BCUT2D eigenvalue weighted by Crippen LogP contribution is -2.33. The Morgan fingerprint density at radius 1 is 1.05 bits per heavy atom. The number of aryl methyl sites for hydroxylation is 2. The number of carbonyl (C=O) groups is 1.